The van der Waals surface area contributed by atoms with Crippen molar-refractivity contribution >= 4 is 23.1 Å². The average Bonchev–Trinajstić information content (AvgIpc) is 3.59. The number of nitrogens with one attached hydrogen (secondary N) is 2. The number of ketones is 1. The number of benzene rings is 2. The summed E-state index contributed by atoms with van der Waals surface area (Å²) in [7, 11) is 2.07. The summed E-state index contributed by atoms with van der Waals surface area (Å²) in [5, 5.41) is 6.05. The third-order valence-electron chi connectivity index (χ3n) is 7.11. The molecule has 2 N–H and O–H groups in total. The Labute approximate surface area is 207 Å². The van der Waals surface area contributed by atoms with Gasteiger partial charge in [-0.05, 0) is 69.6 Å². The summed E-state index contributed by atoms with van der Waals surface area (Å²) in [5.74, 6) is -2.68. The molecular formula is C28H37F2N3O2. The maximum absolute atomic E-state index is 13.9. The zero-order valence-corrected chi connectivity index (χ0v) is 19.9. The minimum Gasteiger partial charge on any atom is -0.355 e. The molecule has 1 saturated carbocycles. The van der Waals surface area contributed by atoms with Gasteiger partial charge in [0, 0.05) is 42.7 Å². The molecule has 1 heterocycles. The summed E-state index contributed by atoms with van der Waals surface area (Å²) in [4.78, 5) is 27.9. The molecule has 0 unspecified atom stereocenters. The minimum atomic E-state index is -2.94. The van der Waals surface area contributed by atoms with Gasteiger partial charge < -0.3 is 15.5 Å². The predicted molar refractivity (Wildman–Crippen MR) is 136 cm³/mol. The molecule has 5 nitrogen and oxygen atoms in total. The normalized spacial score (nSPS) is 17.8. The SMILES string of the molecule is C.CN1CCC(C(=O)CC2(C(=O)NCc3ccc(Nc4ccccc4C(C)(F)F)cc3)CC2)CC1. The Kier molecular flexibility index (Phi) is 8.31. The number of nitrogens with zero attached hydrogens (tertiary/aromatic N) is 1. The third-order valence-corrected chi connectivity index (χ3v) is 7.11. The molecule has 0 spiro atoms. The molecule has 2 fully saturated rings. The lowest BCUT2D eigenvalue weighted by Gasteiger charge is -2.28. The first-order chi connectivity index (χ1) is 16.2. The van der Waals surface area contributed by atoms with Crippen molar-refractivity contribution < 1.29 is 18.4 Å². The van der Waals surface area contributed by atoms with Crippen LogP contribution in [-0.2, 0) is 22.1 Å². The van der Waals surface area contributed by atoms with Crippen LogP contribution in [0.4, 0.5) is 20.2 Å². The molecular weight excluding hydrogens is 448 g/mol. The molecule has 0 radical (unpaired) electrons. The Morgan fingerprint density at radius 1 is 1.06 bits per heavy atom. The Morgan fingerprint density at radius 3 is 2.29 bits per heavy atom. The van der Waals surface area contributed by atoms with Crippen molar-refractivity contribution in [2.45, 2.75) is 58.9 Å². The maximum atomic E-state index is 13.9. The molecule has 0 atom stereocenters. The number of para-hydroxylation sites is 1. The first kappa shape index (κ1) is 26.8. The monoisotopic (exact) mass is 485 g/mol. The Morgan fingerprint density at radius 2 is 1.69 bits per heavy atom. The van der Waals surface area contributed by atoms with E-state index < -0.39 is 11.3 Å². The van der Waals surface area contributed by atoms with Gasteiger partial charge in [-0.1, -0.05) is 37.8 Å². The fourth-order valence-electron chi connectivity index (χ4n) is 4.65. The number of rotatable bonds is 9. The van der Waals surface area contributed by atoms with Gasteiger partial charge in [-0.25, -0.2) is 8.78 Å². The van der Waals surface area contributed by atoms with E-state index in [0.29, 0.717) is 24.3 Å². The lowest BCUT2D eigenvalue weighted by molar-refractivity contribution is -0.133. The highest BCUT2D eigenvalue weighted by Gasteiger charge is 2.51. The number of amides is 1. The van der Waals surface area contributed by atoms with Crippen molar-refractivity contribution in [3.63, 3.8) is 0 Å². The topological polar surface area (TPSA) is 61.4 Å². The van der Waals surface area contributed by atoms with Crippen LogP contribution >= 0.6 is 0 Å². The highest BCUT2D eigenvalue weighted by atomic mass is 19.3. The molecule has 2 aliphatic rings. The number of carbonyl (C=O) groups excluding carboxylic acids is 2. The number of alkyl halides is 2. The van der Waals surface area contributed by atoms with Gasteiger partial charge in [0.25, 0.3) is 5.92 Å². The van der Waals surface area contributed by atoms with Gasteiger partial charge in [-0.15, -0.1) is 0 Å². The lowest BCUT2D eigenvalue weighted by atomic mass is 9.86. The Balaban J connectivity index is 0.00000342. The largest absolute Gasteiger partial charge is 0.355 e. The fraction of sp³-hybridized carbons (Fsp3) is 0.500. The smallest absolute Gasteiger partial charge is 0.272 e. The van der Waals surface area contributed by atoms with E-state index in [9.17, 15) is 18.4 Å². The number of hydrogen-bond acceptors (Lipinski definition) is 4. The highest BCUT2D eigenvalue weighted by molar-refractivity contribution is 5.92. The van der Waals surface area contributed by atoms with Crippen LogP contribution in [0.2, 0.25) is 0 Å². The quantitative estimate of drug-likeness (QED) is 0.466. The molecule has 2 aromatic carbocycles. The molecule has 35 heavy (non-hydrogen) atoms. The molecule has 0 bridgehead atoms. The van der Waals surface area contributed by atoms with Gasteiger partial charge in [0.15, 0.2) is 0 Å². The van der Waals surface area contributed by atoms with Crippen molar-refractivity contribution in [2.24, 2.45) is 11.3 Å². The number of hydrogen-bond donors (Lipinski definition) is 2. The average molecular weight is 486 g/mol. The van der Waals surface area contributed by atoms with E-state index >= 15 is 0 Å². The van der Waals surface area contributed by atoms with Crippen LogP contribution in [0.3, 0.4) is 0 Å². The molecule has 1 aliphatic carbocycles. The summed E-state index contributed by atoms with van der Waals surface area (Å²) in [6.45, 7) is 3.12. The van der Waals surface area contributed by atoms with E-state index in [1.54, 1.807) is 18.2 Å². The first-order valence-electron chi connectivity index (χ1n) is 12.0. The second-order valence-corrected chi connectivity index (χ2v) is 9.94. The van der Waals surface area contributed by atoms with Gasteiger partial charge in [0.2, 0.25) is 5.91 Å². The van der Waals surface area contributed by atoms with E-state index in [-0.39, 0.29) is 30.6 Å². The van der Waals surface area contributed by atoms with Crippen molar-refractivity contribution in [2.75, 3.05) is 25.5 Å². The van der Waals surface area contributed by atoms with Crippen molar-refractivity contribution in [1.82, 2.24) is 10.2 Å². The van der Waals surface area contributed by atoms with Gasteiger partial charge in [0.1, 0.15) is 5.78 Å². The molecule has 1 aliphatic heterocycles. The lowest BCUT2D eigenvalue weighted by Crippen LogP contribution is -2.37. The number of carbonyl (C=O) groups is 2. The summed E-state index contributed by atoms with van der Waals surface area (Å²) in [5.41, 5.74) is 1.37. The van der Waals surface area contributed by atoms with Crippen LogP contribution in [0.5, 0.6) is 0 Å². The summed E-state index contributed by atoms with van der Waals surface area (Å²) in [6.07, 6.45) is 3.64. The van der Waals surface area contributed by atoms with Crippen LogP contribution in [-0.4, -0.2) is 36.7 Å². The van der Waals surface area contributed by atoms with Gasteiger partial charge >= 0.3 is 0 Å². The van der Waals surface area contributed by atoms with E-state index in [1.807, 2.05) is 24.3 Å². The van der Waals surface area contributed by atoms with E-state index in [2.05, 4.69) is 22.6 Å². The first-order valence-corrected chi connectivity index (χ1v) is 12.0. The van der Waals surface area contributed by atoms with Crippen LogP contribution < -0.4 is 10.6 Å². The summed E-state index contributed by atoms with van der Waals surface area (Å²) in [6, 6.07) is 13.7. The van der Waals surface area contributed by atoms with Gasteiger partial charge in [-0.3, -0.25) is 9.59 Å². The van der Waals surface area contributed by atoms with E-state index in [4.69, 9.17) is 0 Å². The molecule has 7 heteroatoms. The molecule has 0 aromatic heterocycles. The fourth-order valence-corrected chi connectivity index (χ4v) is 4.65. The number of anilines is 2. The van der Waals surface area contributed by atoms with Gasteiger partial charge in [0.05, 0.1) is 5.41 Å². The Bertz CT molecular complexity index is 1020. The summed E-state index contributed by atoms with van der Waals surface area (Å²) >= 11 is 0. The number of halogens is 2. The maximum Gasteiger partial charge on any atom is 0.272 e. The predicted octanol–water partition coefficient (Wildman–Crippen LogP) is 5.88. The second kappa shape index (κ2) is 10.9. The van der Waals surface area contributed by atoms with Crippen molar-refractivity contribution in [3.05, 3.63) is 59.7 Å². The van der Waals surface area contributed by atoms with Crippen molar-refractivity contribution in [3.8, 4) is 0 Å². The molecule has 1 saturated heterocycles. The standard InChI is InChI=1S/C27H33F2N3O2.CH4/c1-26(28,29)22-5-3-4-6-23(22)31-21-9-7-19(8-10-21)18-30-25(34)27(13-14-27)17-24(33)20-11-15-32(2)16-12-20;/h3-10,20,31H,11-18H2,1-2H3,(H,30,34);1H4. The molecule has 2 aromatic rings. The van der Waals surface area contributed by atoms with Crippen LogP contribution in [0.25, 0.3) is 0 Å². The van der Waals surface area contributed by atoms with Crippen LogP contribution in [0.15, 0.2) is 48.5 Å². The molecule has 4 rings (SSSR count). The highest BCUT2D eigenvalue weighted by Crippen LogP contribution is 2.50. The van der Waals surface area contributed by atoms with E-state index in [0.717, 1.165) is 51.3 Å². The van der Waals surface area contributed by atoms with Gasteiger partial charge in [-0.2, -0.15) is 0 Å². The van der Waals surface area contributed by atoms with Crippen LogP contribution in [0.1, 0.15) is 57.6 Å². The van der Waals surface area contributed by atoms with Crippen LogP contribution in [0, 0.1) is 11.3 Å². The number of likely N-dealkylation sites (tertiary alicyclic amines) is 1. The number of Topliss-reactive ketones (excluding diaryl/α,β-unsaturated/α-hetero) is 1. The van der Waals surface area contributed by atoms with E-state index in [1.165, 1.54) is 6.07 Å². The minimum absolute atomic E-state index is 0. The second-order valence-electron chi connectivity index (χ2n) is 9.94. The molecule has 1 amide bonds. The van der Waals surface area contributed by atoms with Crippen molar-refractivity contribution in [1.29, 1.82) is 0 Å². The zero-order valence-electron chi connectivity index (χ0n) is 19.9. The summed E-state index contributed by atoms with van der Waals surface area (Å²) < 4.78 is 27.7. The Hall–Kier alpha value is -2.80. The number of piperidine rings is 1. The third kappa shape index (κ3) is 6.66. The molecule has 190 valence electrons. The zero-order chi connectivity index (χ0) is 24.3.